The van der Waals surface area contributed by atoms with E-state index in [2.05, 4.69) is 0 Å². The molecular weight excluding hydrogens is 328 g/mol. The highest BCUT2D eigenvalue weighted by molar-refractivity contribution is 6.01. The summed E-state index contributed by atoms with van der Waals surface area (Å²) in [5.41, 5.74) is 0.333. The van der Waals surface area contributed by atoms with Gasteiger partial charge in [0.2, 0.25) is 5.75 Å². The number of phenolic OH excluding ortho intramolecular Hbond substituents is 1. The average molecular weight is 344 g/mol. The lowest BCUT2D eigenvalue weighted by Gasteiger charge is -2.10. The van der Waals surface area contributed by atoms with E-state index in [0.29, 0.717) is 5.56 Å². The molecule has 0 saturated heterocycles. The molecule has 0 radical (unpaired) electrons. The van der Waals surface area contributed by atoms with E-state index >= 15 is 0 Å². The van der Waals surface area contributed by atoms with Crippen molar-refractivity contribution in [1.82, 2.24) is 0 Å². The molecule has 0 atom stereocenters. The monoisotopic (exact) mass is 344 g/mol. The van der Waals surface area contributed by atoms with Gasteiger partial charge in [-0.15, -0.1) is 0 Å². The third-order valence-corrected chi connectivity index (χ3v) is 3.51. The molecule has 130 valence electrons. The molecule has 0 bridgehead atoms. The van der Waals surface area contributed by atoms with Gasteiger partial charge in [-0.3, -0.25) is 0 Å². The largest absolute Gasteiger partial charge is 0.502 e. The smallest absolute Gasteiger partial charge is 0.336 e. The maximum Gasteiger partial charge on any atom is 0.336 e. The highest BCUT2D eigenvalue weighted by Crippen LogP contribution is 2.37. The van der Waals surface area contributed by atoms with Crippen molar-refractivity contribution in [2.75, 3.05) is 14.2 Å². The molecule has 25 heavy (non-hydrogen) atoms. The molecule has 2 aromatic rings. The fraction of sp³-hybridized carbons (Fsp3) is 0.111. The number of hydrogen-bond acceptors (Lipinski definition) is 5. The van der Waals surface area contributed by atoms with Gasteiger partial charge < -0.3 is 24.8 Å². The van der Waals surface area contributed by atoms with Crippen molar-refractivity contribution >= 4 is 24.1 Å². The number of phenols is 1. The Morgan fingerprint density at radius 1 is 0.920 bits per heavy atom. The van der Waals surface area contributed by atoms with Crippen LogP contribution >= 0.6 is 0 Å². The summed E-state index contributed by atoms with van der Waals surface area (Å²) in [5.74, 6) is -2.29. The Morgan fingerprint density at radius 2 is 1.40 bits per heavy atom. The summed E-state index contributed by atoms with van der Waals surface area (Å²) in [4.78, 5) is 22.7. The molecule has 3 N–H and O–H groups in total. The quantitative estimate of drug-likeness (QED) is 0.690. The Hall–Kier alpha value is -3.48. The van der Waals surface area contributed by atoms with Gasteiger partial charge in [-0.2, -0.15) is 0 Å². The van der Waals surface area contributed by atoms with E-state index in [1.165, 1.54) is 56.7 Å². The van der Waals surface area contributed by atoms with Crippen molar-refractivity contribution in [2.45, 2.75) is 0 Å². The van der Waals surface area contributed by atoms with E-state index in [-0.39, 0.29) is 33.9 Å². The summed E-state index contributed by atoms with van der Waals surface area (Å²) in [6.07, 6.45) is 2.90. The molecular formula is C18H16O7. The Morgan fingerprint density at radius 3 is 1.80 bits per heavy atom. The molecule has 7 heteroatoms. The van der Waals surface area contributed by atoms with E-state index in [4.69, 9.17) is 9.47 Å². The van der Waals surface area contributed by atoms with E-state index < -0.39 is 11.9 Å². The number of hydrogen-bond donors (Lipinski definition) is 3. The minimum absolute atomic E-state index is 0.0634. The second-order valence-electron chi connectivity index (χ2n) is 4.98. The number of aromatic carboxylic acids is 2. The van der Waals surface area contributed by atoms with Crippen molar-refractivity contribution in [1.29, 1.82) is 0 Å². The van der Waals surface area contributed by atoms with Crippen molar-refractivity contribution < 1.29 is 34.4 Å². The Bertz CT molecular complexity index is 795. The highest BCUT2D eigenvalue weighted by atomic mass is 16.5. The number of methoxy groups -OCH3 is 2. The molecule has 7 nitrogen and oxygen atoms in total. The highest BCUT2D eigenvalue weighted by Gasteiger charge is 2.16. The van der Waals surface area contributed by atoms with Crippen LogP contribution in [0.25, 0.3) is 12.2 Å². The number of ether oxygens (including phenoxy) is 2. The predicted molar refractivity (Wildman–Crippen MR) is 90.5 cm³/mol. The van der Waals surface area contributed by atoms with E-state index in [0.717, 1.165) is 0 Å². The molecule has 0 aliphatic carbocycles. The van der Waals surface area contributed by atoms with Crippen LogP contribution in [0.4, 0.5) is 0 Å². The molecule has 0 unspecified atom stereocenters. The lowest BCUT2D eigenvalue weighted by Crippen LogP contribution is -2.06. The first kappa shape index (κ1) is 17.9. The molecule has 0 fully saturated rings. The topological polar surface area (TPSA) is 113 Å². The van der Waals surface area contributed by atoms with Crippen molar-refractivity contribution in [3.63, 3.8) is 0 Å². The summed E-state index contributed by atoms with van der Waals surface area (Å²) in [6.45, 7) is 0. The van der Waals surface area contributed by atoms with Gasteiger partial charge >= 0.3 is 11.9 Å². The molecule has 2 rings (SSSR count). The number of carbonyl (C=O) groups is 2. The lowest BCUT2D eigenvalue weighted by molar-refractivity contribution is 0.0696. The van der Waals surface area contributed by atoms with Crippen LogP contribution in [0, 0.1) is 0 Å². The number of carboxylic acids is 2. The van der Waals surface area contributed by atoms with Gasteiger partial charge in [-0.05, 0) is 29.8 Å². The summed E-state index contributed by atoms with van der Waals surface area (Å²) in [5, 5.41) is 28.4. The third kappa shape index (κ3) is 3.72. The first-order valence-electron chi connectivity index (χ1n) is 7.11. The molecule has 0 spiro atoms. The number of benzene rings is 2. The van der Waals surface area contributed by atoms with Crippen LogP contribution in [-0.4, -0.2) is 41.5 Å². The normalized spacial score (nSPS) is 10.6. The second kappa shape index (κ2) is 7.39. The molecule has 0 saturated carbocycles. The first-order chi connectivity index (χ1) is 11.9. The van der Waals surface area contributed by atoms with Crippen molar-refractivity contribution in [2.24, 2.45) is 0 Å². The number of rotatable bonds is 6. The Kier molecular flexibility index (Phi) is 5.28. The van der Waals surface area contributed by atoms with Crippen LogP contribution in [0.2, 0.25) is 0 Å². The zero-order chi connectivity index (χ0) is 18.6. The van der Waals surface area contributed by atoms with Gasteiger partial charge in [0.1, 0.15) is 0 Å². The molecule has 0 aliphatic rings. The van der Waals surface area contributed by atoms with Crippen molar-refractivity contribution in [3.05, 3.63) is 52.6 Å². The lowest BCUT2D eigenvalue weighted by atomic mass is 9.99. The zero-order valence-corrected chi connectivity index (χ0v) is 13.5. The number of carboxylic acid groups (broad SMARTS) is 2. The standard InChI is InChI=1S/C18H16O7/c1-24-14-8-10(9-15(25-2)16(14)19)6-7-11-12(17(20)21)4-3-5-13(11)18(22)23/h3-9,19H,1-2H3,(H,20,21)(H,22,23). The fourth-order valence-corrected chi connectivity index (χ4v) is 2.31. The second-order valence-corrected chi connectivity index (χ2v) is 4.98. The SMILES string of the molecule is COc1cc(C=Cc2c(C(=O)O)cccc2C(=O)O)cc(OC)c1O. The third-order valence-electron chi connectivity index (χ3n) is 3.51. The molecule has 0 aromatic heterocycles. The van der Waals surface area contributed by atoms with Crippen LogP contribution in [-0.2, 0) is 0 Å². The molecule has 0 heterocycles. The molecule has 2 aromatic carbocycles. The first-order valence-corrected chi connectivity index (χ1v) is 7.11. The zero-order valence-electron chi connectivity index (χ0n) is 13.5. The van der Waals surface area contributed by atoms with Gasteiger partial charge in [-0.1, -0.05) is 18.2 Å². The van der Waals surface area contributed by atoms with Crippen molar-refractivity contribution in [3.8, 4) is 17.2 Å². The van der Waals surface area contributed by atoms with Crippen LogP contribution in [0.15, 0.2) is 30.3 Å². The van der Waals surface area contributed by atoms with E-state index in [1.54, 1.807) is 0 Å². The van der Waals surface area contributed by atoms with Crippen LogP contribution in [0.3, 0.4) is 0 Å². The van der Waals surface area contributed by atoms with Gasteiger partial charge in [0.05, 0.1) is 25.3 Å². The fourth-order valence-electron chi connectivity index (χ4n) is 2.31. The summed E-state index contributed by atoms with van der Waals surface area (Å²) in [6, 6.07) is 7.05. The maximum absolute atomic E-state index is 11.4. The van der Waals surface area contributed by atoms with Crippen LogP contribution in [0.1, 0.15) is 31.8 Å². The van der Waals surface area contributed by atoms with Crippen LogP contribution < -0.4 is 9.47 Å². The van der Waals surface area contributed by atoms with Gasteiger partial charge in [0.15, 0.2) is 11.5 Å². The summed E-state index contributed by atoms with van der Waals surface area (Å²) < 4.78 is 10.1. The molecule has 0 aliphatic heterocycles. The average Bonchev–Trinajstić information content (AvgIpc) is 2.60. The van der Waals surface area contributed by atoms with E-state index in [1.807, 2.05) is 0 Å². The minimum Gasteiger partial charge on any atom is -0.502 e. The summed E-state index contributed by atoms with van der Waals surface area (Å²) in [7, 11) is 2.76. The van der Waals surface area contributed by atoms with Gasteiger partial charge in [0, 0.05) is 5.56 Å². The van der Waals surface area contributed by atoms with Crippen LogP contribution in [0.5, 0.6) is 17.2 Å². The maximum atomic E-state index is 11.4. The van der Waals surface area contributed by atoms with Gasteiger partial charge in [-0.25, -0.2) is 9.59 Å². The minimum atomic E-state index is -1.23. The Balaban J connectivity index is 2.56. The predicted octanol–water partition coefficient (Wildman–Crippen LogP) is 2.98. The molecule has 0 amide bonds. The van der Waals surface area contributed by atoms with Gasteiger partial charge in [0.25, 0.3) is 0 Å². The van der Waals surface area contributed by atoms with E-state index in [9.17, 15) is 24.9 Å². The Labute approximate surface area is 143 Å². The number of aromatic hydroxyl groups is 1. The summed E-state index contributed by atoms with van der Waals surface area (Å²) >= 11 is 0.